The number of hydrogen-bond donors (Lipinski definition) is 0. The molecular weight excluding hydrogens is 473 g/mol. The van der Waals surface area contributed by atoms with Gasteiger partial charge in [0.05, 0.1) is 11.3 Å². The lowest BCUT2D eigenvalue weighted by molar-refractivity contribution is 0.0730. The van der Waals surface area contributed by atoms with Crippen molar-refractivity contribution >= 4 is 5.97 Å². The number of esters is 1. The maximum Gasteiger partial charge on any atom is 0.346 e. The van der Waals surface area contributed by atoms with E-state index in [1.807, 2.05) is 30.5 Å². The Morgan fingerprint density at radius 2 is 1.29 bits per heavy atom. The predicted octanol–water partition coefficient (Wildman–Crippen LogP) is 9.91. The second kappa shape index (κ2) is 16.8. The van der Waals surface area contributed by atoms with Crippen LogP contribution in [0.1, 0.15) is 112 Å². The summed E-state index contributed by atoms with van der Waals surface area (Å²) in [5, 5.41) is 0. The van der Waals surface area contributed by atoms with E-state index in [9.17, 15) is 9.18 Å². The summed E-state index contributed by atoms with van der Waals surface area (Å²) in [4.78, 5) is 17.2. The van der Waals surface area contributed by atoms with Gasteiger partial charge in [0.25, 0.3) is 0 Å². The Morgan fingerprint density at radius 3 is 1.87 bits per heavy atom. The Morgan fingerprint density at radius 1 is 0.711 bits per heavy atom. The molecule has 4 heteroatoms. The number of benzene rings is 2. The molecule has 0 saturated heterocycles. The Hall–Kier alpha value is -3.01. The van der Waals surface area contributed by atoms with Crippen LogP contribution in [0, 0.1) is 5.82 Å². The standard InChI is InChI=1S/C34H44FNO2/c1-3-5-7-9-10-12-14-16-28-18-24-33(36-26-28)29-19-21-30(22-20-29)38-34(37)31-23-17-27(25-32(31)35)15-13-11-8-6-4-2/h17-26H,3-16H2,1-2H3. The van der Waals surface area contributed by atoms with Crippen LogP contribution >= 0.6 is 0 Å². The molecule has 0 amide bonds. The monoisotopic (exact) mass is 517 g/mol. The van der Waals surface area contributed by atoms with Crippen LogP contribution < -0.4 is 4.74 Å². The summed E-state index contributed by atoms with van der Waals surface area (Å²) in [6, 6.07) is 16.2. The molecule has 0 unspecified atom stereocenters. The maximum absolute atomic E-state index is 14.6. The molecule has 0 aliphatic carbocycles. The Labute approximate surface area is 228 Å². The fourth-order valence-corrected chi connectivity index (χ4v) is 4.70. The molecule has 0 fully saturated rings. The molecule has 0 aliphatic heterocycles. The fourth-order valence-electron chi connectivity index (χ4n) is 4.70. The van der Waals surface area contributed by atoms with E-state index in [2.05, 4.69) is 24.9 Å². The first kappa shape index (κ1) is 29.5. The topological polar surface area (TPSA) is 39.2 Å². The first-order valence-electron chi connectivity index (χ1n) is 14.7. The average molecular weight is 518 g/mol. The van der Waals surface area contributed by atoms with Crippen LogP contribution in [0.4, 0.5) is 4.39 Å². The maximum atomic E-state index is 14.6. The minimum absolute atomic E-state index is 0.0398. The summed E-state index contributed by atoms with van der Waals surface area (Å²) >= 11 is 0. The van der Waals surface area contributed by atoms with Crippen LogP contribution in [-0.2, 0) is 12.8 Å². The first-order valence-corrected chi connectivity index (χ1v) is 14.7. The van der Waals surface area contributed by atoms with Gasteiger partial charge in [-0.3, -0.25) is 4.98 Å². The first-order chi connectivity index (χ1) is 18.6. The zero-order chi connectivity index (χ0) is 27.0. The van der Waals surface area contributed by atoms with Gasteiger partial charge in [-0.1, -0.05) is 90.2 Å². The smallest absolute Gasteiger partial charge is 0.346 e. The number of nitrogens with zero attached hydrogens (tertiary/aromatic N) is 1. The molecule has 1 aromatic heterocycles. The van der Waals surface area contributed by atoms with Crippen LogP contribution in [0.3, 0.4) is 0 Å². The van der Waals surface area contributed by atoms with Gasteiger partial charge in [-0.15, -0.1) is 0 Å². The highest BCUT2D eigenvalue weighted by atomic mass is 19.1. The fraction of sp³-hybridized carbons (Fsp3) is 0.471. The second-order valence-electron chi connectivity index (χ2n) is 10.3. The number of rotatable bonds is 17. The van der Waals surface area contributed by atoms with Gasteiger partial charge in [0.2, 0.25) is 0 Å². The predicted molar refractivity (Wildman–Crippen MR) is 155 cm³/mol. The minimum Gasteiger partial charge on any atom is -0.423 e. The van der Waals surface area contributed by atoms with Gasteiger partial charge in [0, 0.05) is 11.8 Å². The highest BCUT2D eigenvalue weighted by Crippen LogP contribution is 2.23. The van der Waals surface area contributed by atoms with Gasteiger partial charge in [-0.05, 0) is 79.3 Å². The number of pyridine rings is 1. The largest absolute Gasteiger partial charge is 0.423 e. The molecule has 3 aromatic rings. The number of hydrogen-bond acceptors (Lipinski definition) is 3. The third kappa shape index (κ3) is 10.0. The quantitative estimate of drug-likeness (QED) is 0.102. The molecule has 2 aromatic carbocycles. The highest BCUT2D eigenvalue weighted by Gasteiger charge is 2.15. The van der Waals surface area contributed by atoms with E-state index in [-0.39, 0.29) is 5.56 Å². The van der Waals surface area contributed by atoms with Gasteiger partial charge in [0.15, 0.2) is 0 Å². The number of halogens is 1. The summed E-state index contributed by atoms with van der Waals surface area (Å²) in [5.74, 6) is -0.829. The van der Waals surface area contributed by atoms with Crippen LogP contribution in [-0.4, -0.2) is 11.0 Å². The number of unbranched alkanes of at least 4 members (excludes halogenated alkanes) is 10. The van der Waals surface area contributed by atoms with Gasteiger partial charge in [0.1, 0.15) is 11.6 Å². The number of aromatic nitrogens is 1. The van der Waals surface area contributed by atoms with Crippen molar-refractivity contribution in [3.05, 3.63) is 83.3 Å². The van der Waals surface area contributed by atoms with E-state index in [0.29, 0.717) is 5.75 Å². The van der Waals surface area contributed by atoms with E-state index >= 15 is 0 Å². The Bertz CT molecular complexity index is 1090. The summed E-state index contributed by atoms with van der Waals surface area (Å²) in [6.45, 7) is 4.44. The second-order valence-corrected chi connectivity index (χ2v) is 10.3. The summed E-state index contributed by atoms with van der Waals surface area (Å²) in [6.07, 6.45) is 18.8. The number of ether oxygens (including phenoxy) is 1. The van der Waals surface area contributed by atoms with E-state index in [0.717, 1.165) is 42.5 Å². The third-order valence-corrected chi connectivity index (χ3v) is 7.08. The molecule has 38 heavy (non-hydrogen) atoms. The molecule has 0 atom stereocenters. The molecule has 3 rings (SSSR count). The van der Waals surface area contributed by atoms with Crippen molar-refractivity contribution in [2.45, 2.75) is 104 Å². The van der Waals surface area contributed by atoms with Crippen LogP contribution in [0.15, 0.2) is 60.8 Å². The van der Waals surface area contributed by atoms with Crippen LogP contribution in [0.25, 0.3) is 11.3 Å². The molecule has 3 nitrogen and oxygen atoms in total. The third-order valence-electron chi connectivity index (χ3n) is 7.08. The van der Waals surface area contributed by atoms with E-state index in [4.69, 9.17) is 4.74 Å². The number of carbonyl (C=O) groups excluding carboxylic acids is 1. The molecule has 1 heterocycles. The molecular formula is C34H44FNO2. The van der Waals surface area contributed by atoms with Crippen molar-refractivity contribution in [1.29, 1.82) is 0 Å². The van der Waals surface area contributed by atoms with Crippen molar-refractivity contribution in [3.8, 4) is 17.0 Å². The normalized spacial score (nSPS) is 11.0. The molecule has 0 spiro atoms. The summed E-state index contributed by atoms with van der Waals surface area (Å²) in [5.41, 5.74) is 3.96. The Balaban J connectivity index is 1.46. The van der Waals surface area contributed by atoms with Crippen LogP contribution in [0.5, 0.6) is 5.75 Å². The molecule has 0 N–H and O–H groups in total. The minimum atomic E-state index is -0.683. The van der Waals surface area contributed by atoms with Crippen molar-refractivity contribution in [2.75, 3.05) is 0 Å². The average Bonchev–Trinajstić information content (AvgIpc) is 2.93. The molecule has 0 bridgehead atoms. The van der Waals surface area contributed by atoms with Crippen molar-refractivity contribution < 1.29 is 13.9 Å². The Kier molecular flexibility index (Phi) is 13.0. The SMILES string of the molecule is CCCCCCCCCc1ccc(-c2ccc(OC(=O)c3ccc(CCCCCCC)cc3F)cc2)nc1. The summed E-state index contributed by atoms with van der Waals surface area (Å²) in [7, 11) is 0. The zero-order valence-corrected chi connectivity index (χ0v) is 23.3. The van der Waals surface area contributed by atoms with Gasteiger partial charge >= 0.3 is 5.97 Å². The zero-order valence-electron chi connectivity index (χ0n) is 23.3. The van der Waals surface area contributed by atoms with Crippen molar-refractivity contribution in [2.24, 2.45) is 0 Å². The lowest BCUT2D eigenvalue weighted by Crippen LogP contribution is -2.11. The lowest BCUT2D eigenvalue weighted by atomic mass is 10.0. The van der Waals surface area contributed by atoms with Crippen molar-refractivity contribution in [1.82, 2.24) is 4.98 Å². The van der Waals surface area contributed by atoms with Crippen molar-refractivity contribution in [3.63, 3.8) is 0 Å². The van der Waals surface area contributed by atoms with E-state index < -0.39 is 11.8 Å². The van der Waals surface area contributed by atoms with Gasteiger partial charge in [-0.25, -0.2) is 9.18 Å². The van der Waals surface area contributed by atoms with Gasteiger partial charge < -0.3 is 4.74 Å². The molecule has 0 radical (unpaired) electrons. The molecule has 0 aliphatic rings. The summed E-state index contributed by atoms with van der Waals surface area (Å²) < 4.78 is 20.0. The number of carbonyl (C=O) groups is 1. The molecule has 204 valence electrons. The van der Waals surface area contributed by atoms with Crippen LogP contribution in [0.2, 0.25) is 0 Å². The molecule has 0 saturated carbocycles. The van der Waals surface area contributed by atoms with E-state index in [1.165, 1.54) is 81.9 Å². The lowest BCUT2D eigenvalue weighted by Gasteiger charge is -2.08. The van der Waals surface area contributed by atoms with E-state index in [1.54, 1.807) is 12.1 Å². The number of aryl methyl sites for hydroxylation is 2. The van der Waals surface area contributed by atoms with Gasteiger partial charge in [-0.2, -0.15) is 0 Å². The highest BCUT2D eigenvalue weighted by molar-refractivity contribution is 5.91.